The number of benzene rings is 2. The zero-order chi connectivity index (χ0) is 16.4. The smallest absolute Gasteiger partial charge is 0.357 e. The molecule has 0 amide bonds. The van der Waals surface area contributed by atoms with Gasteiger partial charge in [-0.3, -0.25) is 0 Å². The van der Waals surface area contributed by atoms with Crippen molar-refractivity contribution >= 4 is 33.6 Å². The molecule has 5 heteroatoms. The second-order valence-electron chi connectivity index (χ2n) is 4.95. The molecule has 5 nitrogen and oxygen atoms in total. The molecule has 0 saturated heterocycles. The van der Waals surface area contributed by atoms with Gasteiger partial charge in [0.25, 0.3) is 0 Å². The monoisotopic (exact) mass is 309 g/mol. The van der Waals surface area contributed by atoms with Crippen LogP contribution < -0.4 is 0 Å². The molecule has 0 bridgehead atoms. The minimum atomic E-state index is -0.488. The Kier molecular flexibility index (Phi) is 3.93. The lowest BCUT2D eigenvalue weighted by Crippen LogP contribution is -2.07. The lowest BCUT2D eigenvalue weighted by molar-refractivity contribution is 0.0525. The van der Waals surface area contributed by atoms with Gasteiger partial charge in [0.1, 0.15) is 0 Å². The summed E-state index contributed by atoms with van der Waals surface area (Å²) in [5.74, 6) is -0.868. The van der Waals surface area contributed by atoms with Crippen molar-refractivity contribution in [3.63, 3.8) is 0 Å². The zero-order valence-corrected chi connectivity index (χ0v) is 12.8. The molecule has 0 radical (unpaired) electrons. The number of esters is 2. The van der Waals surface area contributed by atoms with Crippen LogP contribution >= 0.6 is 0 Å². The minimum absolute atomic E-state index is 0.263. The SMILES string of the molecule is CCOC(=O)c1ccc2nc(C(=O)OC)c3ccccc3c2c1. The van der Waals surface area contributed by atoms with E-state index >= 15 is 0 Å². The van der Waals surface area contributed by atoms with Crippen molar-refractivity contribution in [2.45, 2.75) is 6.92 Å². The van der Waals surface area contributed by atoms with Gasteiger partial charge in [-0.1, -0.05) is 24.3 Å². The minimum Gasteiger partial charge on any atom is -0.464 e. The molecule has 0 aliphatic carbocycles. The molecule has 0 N–H and O–H groups in total. The Morgan fingerprint density at radius 3 is 2.43 bits per heavy atom. The largest absolute Gasteiger partial charge is 0.464 e. The summed E-state index contributed by atoms with van der Waals surface area (Å²) in [6.07, 6.45) is 0. The maximum absolute atomic E-state index is 12.0. The van der Waals surface area contributed by atoms with Gasteiger partial charge in [-0.05, 0) is 30.5 Å². The molecule has 0 saturated carbocycles. The molecule has 1 aromatic heterocycles. The molecule has 0 fully saturated rings. The molecule has 0 unspecified atom stereocenters. The molecule has 23 heavy (non-hydrogen) atoms. The number of ether oxygens (including phenoxy) is 2. The topological polar surface area (TPSA) is 65.5 Å². The molecule has 0 aliphatic rings. The highest BCUT2D eigenvalue weighted by atomic mass is 16.5. The van der Waals surface area contributed by atoms with Crippen molar-refractivity contribution < 1.29 is 19.1 Å². The summed E-state index contributed by atoms with van der Waals surface area (Å²) in [7, 11) is 1.33. The fourth-order valence-electron chi connectivity index (χ4n) is 2.55. The van der Waals surface area contributed by atoms with Crippen LogP contribution in [0.4, 0.5) is 0 Å². The van der Waals surface area contributed by atoms with E-state index in [4.69, 9.17) is 9.47 Å². The molecule has 0 spiro atoms. The molecule has 0 atom stereocenters. The molecular formula is C18H15NO4. The fourth-order valence-corrected chi connectivity index (χ4v) is 2.55. The molecule has 3 rings (SSSR count). The standard InChI is InChI=1S/C18H15NO4/c1-3-23-17(20)11-8-9-15-14(10-11)12-6-4-5-7-13(12)16(19-15)18(21)22-2/h4-10H,3H2,1-2H3. The Morgan fingerprint density at radius 2 is 1.74 bits per heavy atom. The van der Waals surface area contributed by atoms with Crippen LogP contribution in [0.3, 0.4) is 0 Å². The zero-order valence-electron chi connectivity index (χ0n) is 12.8. The highest BCUT2D eigenvalue weighted by Gasteiger charge is 2.16. The van der Waals surface area contributed by atoms with Crippen molar-refractivity contribution in [1.29, 1.82) is 0 Å². The van der Waals surface area contributed by atoms with E-state index in [1.165, 1.54) is 7.11 Å². The number of hydrogen-bond donors (Lipinski definition) is 0. The first-order chi connectivity index (χ1) is 11.2. The van der Waals surface area contributed by atoms with Gasteiger partial charge >= 0.3 is 11.9 Å². The highest BCUT2D eigenvalue weighted by molar-refractivity contribution is 6.14. The van der Waals surface area contributed by atoms with E-state index in [2.05, 4.69) is 4.98 Å². The summed E-state index contributed by atoms with van der Waals surface area (Å²) >= 11 is 0. The highest BCUT2D eigenvalue weighted by Crippen LogP contribution is 2.27. The third-order valence-corrected chi connectivity index (χ3v) is 3.59. The number of nitrogens with zero attached hydrogens (tertiary/aromatic N) is 1. The number of pyridine rings is 1. The summed E-state index contributed by atoms with van der Waals surface area (Å²) < 4.78 is 9.85. The van der Waals surface area contributed by atoms with Crippen LogP contribution in [0, 0.1) is 0 Å². The third kappa shape index (κ3) is 2.61. The van der Waals surface area contributed by atoms with Crippen molar-refractivity contribution in [3.8, 4) is 0 Å². The first kappa shape index (κ1) is 15.0. The van der Waals surface area contributed by atoms with Gasteiger partial charge in [-0.25, -0.2) is 14.6 Å². The molecular weight excluding hydrogens is 294 g/mol. The Labute approximate surface area is 132 Å². The van der Waals surface area contributed by atoms with Crippen LogP contribution in [0.5, 0.6) is 0 Å². The fraction of sp³-hybridized carbons (Fsp3) is 0.167. The van der Waals surface area contributed by atoms with Crippen LogP contribution in [0.25, 0.3) is 21.7 Å². The van der Waals surface area contributed by atoms with Gasteiger partial charge in [-0.2, -0.15) is 0 Å². The summed E-state index contributed by atoms with van der Waals surface area (Å²) in [5.41, 5.74) is 1.34. The number of carbonyl (C=O) groups is 2. The Morgan fingerprint density at radius 1 is 1.00 bits per heavy atom. The lowest BCUT2D eigenvalue weighted by Gasteiger charge is -2.09. The number of methoxy groups -OCH3 is 1. The first-order valence-corrected chi connectivity index (χ1v) is 7.23. The van der Waals surface area contributed by atoms with E-state index in [1.807, 2.05) is 24.3 Å². The quantitative estimate of drug-likeness (QED) is 0.548. The van der Waals surface area contributed by atoms with Gasteiger partial charge in [-0.15, -0.1) is 0 Å². The predicted molar refractivity (Wildman–Crippen MR) is 86.5 cm³/mol. The number of hydrogen-bond acceptors (Lipinski definition) is 5. The average molecular weight is 309 g/mol. The van der Waals surface area contributed by atoms with Crippen LogP contribution in [-0.4, -0.2) is 30.6 Å². The van der Waals surface area contributed by atoms with E-state index in [0.717, 1.165) is 10.8 Å². The van der Waals surface area contributed by atoms with Gasteiger partial charge in [0.15, 0.2) is 5.69 Å². The third-order valence-electron chi connectivity index (χ3n) is 3.59. The summed E-state index contributed by atoms with van der Waals surface area (Å²) in [4.78, 5) is 28.3. The summed E-state index contributed by atoms with van der Waals surface area (Å²) in [6.45, 7) is 2.08. The second-order valence-corrected chi connectivity index (χ2v) is 4.95. The van der Waals surface area contributed by atoms with Crippen LogP contribution in [0.2, 0.25) is 0 Å². The summed E-state index contributed by atoms with van der Waals surface area (Å²) in [6, 6.07) is 12.5. The van der Waals surface area contributed by atoms with E-state index in [1.54, 1.807) is 25.1 Å². The van der Waals surface area contributed by atoms with Gasteiger partial charge < -0.3 is 9.47 Å². The lowest BCUT2D eigenvalue weighted by atomic mass is 10.0. The van der Waals surface area contributed by atoms with E-state index in [0.29, 0.717) is 23.1 Å². The molecule has 2 aromatic carbocycles. The normalized spacial score (nSPS) is 10.7. The number of carbonyl (C=O) groups excluding carboxylic acids is 2. The molecule has 0 aliphatic heterocycles. The molecule has 3 aromatic rings. The van der Waals surface area contributed by atoms with E-state index in [-0.39, 0.29) is 11.7 Å². The van der Waals surface area contributed by atoms with E-state index < -0.39 is 5.97 Å². The number of aromatic nitrogens is 1. The molecule has 116 valence electrons. The predicted octanol–water partition coefficient (Wildman–Crippen LogP) is 3.35. The van der Waals surface area contributed by atoms with Crippen LogP contribution in [-0.2, 0) is 9.47 Å². The maximum atomic E-state index is 12.0. The Hall–Kier alpha value is -2.95. The van der Waals surface area contributed by atoms with Gasteiger partial charge in [0.05, 0.1) is 24.8 Å². The Bertz CT molecular complexity index is 917. The number of fused-ring (bicyclic) bond motifs is 3. The van der Waals surface area contributed by atoms with Crippen molar-refractivity contribution in [3.05, 3.63) is 53.7 Å². The van der Waals surface area contributed by atoms with Crippen LogP contribution in [0.15, 0.2) is 42.5 Å². The second kappa shape index (κ2) is 6.04. The van der Waals surface area contributed by atoms with Crippen molar-refractivity contribution in [2.24, 2.45) is 0 Å². The first-order valence-electron chi connectivity index (χ1n) is 7.23. The Balaban J connectivity index is 2.30. The van der Waals surface area contributed by atoms with Gasteiger partial charge in [0.2, 0.25) is 0 Å². The number of rotatable bonds is 3. The average Bonchev–Trinajstić information content (AvgIpc) is 2.60. The van der Waals surface area contributed by atoms with Crippen molar-refractivity contribution in [2.75, 3.05) is 13.7 Å². The van der Waals surface area contributed by atoms with E-state index in [9.17, 15) is 9.59 Å². The van der Waals surface area contributed by atoms with Crippen LogP contribution in [0.1, 0.15) is 27.8 Å². The van der Waals surface area contributed by atoms with Gasteiger partial charge in [0, 0.05) is 10.8 Å². The maximum Gasteiger partial charge on any atom is 0.357 e. The molecule has 1 heterocycles. The van der Waals surface area contributed by atoms with Crippen molar-refractivity contribution in [1.82, 2.24) is 4.98 Å². The summed E-state index contributed by atoms with van der Waals surface area (Å²) in [5, 5.41) is 2.32.